The van der Waals surface area contributed by atoms with Crippen LogP contribution >= 0.6 is 0 Å². The second-order valence-electron chi connectivity index (χ2n) is 21.5. The molecule has 2 heterocycles. The van der Waals surface area contributed by atoms with E-state index in [2.05, 4.69) is 302 Å². The third kappa shape index (κ3) is 7.59. The topological polar surface area (TPSA) is 29.5 Å². The number of para-hydroxylation sites is 4. The Hall–Kier alpha value is -10.7. The maximum absolute atomic E-state index is 6.57. The van der Waals surface area contributed by atoms with Crippen LogP contribution in [-0.4, -0.2) is 0 Å². The molecule has 82 heavy (non-hydrogen) atoms. The normalized spacial score (nSPS) is 13.7. The molecule has 0 N–H and O–H groups in total. The number of hydrogen-bond donors (Lipinski definition) is 0. The number of rotatable bonds is 10. The molecular formula is C79H51NO2. The van der Waals surface area contributed by atoms with Crippen LogP contribution in [0.3, 0.4) is 0 Å². The highest BCUT2D eigenvalue weighted by Crippen LogP contribution is 2.60. The van der Waals surface area contributed by atoms with Gasteiger partial charge in [0.15, 0.2) is 0 Å². The van der Waals surface area contributed by atoms with Crippen molar-refractivity contribution in [2.24, 2.45) is 0 Å². The molecule has 0 saturated carbocycles. The minimum absolute atomic E-state index is 0.725. The number of benzene rings is 13. The number of furan rings is 2. The molecule has 384 valence electrons. The van der Waals surface area contributed by atoms with Crippen molar-refractivity contribution in [3.05, 3.63) is 332 Å². The number of fused-ring (bicyclic) bond motifs is 9. The van der Waals surface area contributed by atoms with Crippen LogP contribution in [0.25, 0.3) is 111 Å². The van der Waals surface area contributed by atoms with Crippen molar-refractivity contribution < 1.29 is 8.83 Å². The van der Waals surface area contributed by atoms with E-state index in [0.717, 1.165) is 94.3 Å². The summed E-state index contributed by atoms with van der Waals surface area (Å²) in [6, 6.07) is 113. The van der Waals surface area contributed by atoms with Crippen molar-refractivity contribution >= 4 is 60.9 Å². The Labute approximate surface area is 475 Å². The first-order chi connectivity index (χ1) is 40.7. The predicted octanol–water partition coefficient (Wildman–Crippen LogP) is 21.7. The van der Waals surface area contributed by atoms with E-state index in [1.54, 1.807) is 0 Å². The van der Waals surface area contributed by atoms with Gasteiger partial charge in [0.1, 0.15) is 22.3 Å². The molecule has 0 saturated heterocycles. The van der Waals surface area contributed by atoms with Gasteiger partial charge in [-0.3, -0.25) is 0 Å². The molecule has 0 radical (unpaired) electrons. The van der Waals surface area contributed by atoms with Crippen molar-refractivity contribution in [2.45, 2.75) is 5.41 Å². The maximum Gasteiger partial charge on any atom is 0.143 e. The van der Waals surface area contributed by atoms with Gasteiger partial charge in [-0.25, -0.2) is 0 Å². The standard InChI is InChI=1S/C79H51NO2/c1-4-18-52(19-5-1)54-40-44-61(45-41-54)80(62-46-42-57(43-47-62)66-30-16-32-70-68-27-11-13-35-75(68)82-78(66)70)63-48-49-71-73(51-63)79(59-23-8-3-9-24-59,60-25-14-22-58(50-60)53-20-6-2-7-21-53)72-33-17-28-64(76(71)72)55-36-38-56(39-37-55)65-29-15-31-69-67-26-10-12-34-74(67)81-77(65)69/h1-51H. The summed E-state index contributed by atoms with van der Waals surface area (Å²) in [7, 11) is 0. The van der Waals surface area contributed by atoms with Crippen molar-refractivity contribution in [3.63, 3.8) is 0 Å². The molecule has 13 aromatic carbocycles. The van der Waals surface area contributed by atoms with Crippen molar-refractivity contribution in [1.29, 1.82) is 0 Å². The summed E-state index contributed by atoms with van der Waals surface area (Å²) in [6.45, 7) is 0. The zero-order valence-corrected chi connectivity index (χ0v) is 44.7. The lowest BCUT2D eigenvalue weighted by atomic mass is 9.67. The van der Waals surface area contributed by atoms with E-state index in [1.807, 2.05) is 12.1 Å². The molecule has 0 amide bonds. The van der Waals surface area contributed by atoms with Gasteiger partial charge < -0.3 is 13.7 Å². The average molecular weight is 1050 g/mol. The number of nitrogens with zero attached hydrogens (tertiary/aromatic N) is 1. The summed E-state index contributed by atoms with van der Waals surface area (Å²) in [6.07, 6.45) is 0. The summed E-state index contributed by atoms with van der Waals surface area (Å²) in [5.41, 5.74) is 24.7. The zero-order chi connectivity index (χ0) is 54.1. The third-order valence-electron chi connectivity index (χ3n) is 17.0. The lowest BCUT2D eigenvalue weighted by Gasteiger charge is -2.35. The Morgan fingerprint density at radius 3 is 1.26 bits per heavy atom. The van der Waals surface area contributed by atoms with E-state index in [4.69, 9.17) is 8.83 Å². The molecule has 0 fully saturated rings. The Bertz CT molecular complexity index is 4880. The Morgan fingerprint density at radius 2 is 0.659 bits per heavy atom. The van der Waals surface area contributed by atoms with Gasteiger partial charge in [0.25, 0.3) is 0 Å². The quantitative estimate of drug-likeness (QED) is 0.137. The molecule has 15 aromatic rings. The fourth-order valence-corrected chi connectivity index (χ4v) is 13.2. The average Bonchev–Trinajstić information content (AvgIpc) is 2.01. The second kappa shape index (κ2) is 19.3. The van der Waals surface area contributed by atoms with Crippen LogP contribution < -0.4 is 4.90 Å². The first kappa shape index (κ1) is 47.3. The lowest BCUT2D eigenvalue weighted by Crippen LogP contribution is -2.29. The smallest absolute Gasteiger partial charge is 0.143 e. The van der Waals surface area contributed by atoms with Crippen molar-refractivity contribution in [2.75, 3.05) is 4.90 Å². The zero-order valence-electron chi connectivity index (χ0n) is 44.7. The number of anilines is 3. The van der Waals surface area contributed by atoms with Gasteiger partial charge >= 0.3 is 0 Å². The van der Waals surface area contributed by atoms with Crippen LogP contribution in [0.2, 0.25) is 0 Å². The molecule has 3 heteroatoms. The van der Waals surface area contributed by atoms with Crippen LogP contribution in [0.15, 0.2) is 318 Å². The van der Waals surface area contributed by atoms with Crippen molar-refractivity contribution in [3.8, 4) is 66.8 Å². The minimum Gasteiger partial charge on any atom is -0.455 e. The summed E-state index contributed by atoms with van der Waals surface area (Å²) in [4.78, 5) is 2.42. The van der Waals surface area contributed by atoms with Gasteiger partial charge in [-0.1, -0.05) is 255 Å². The maximum atomic E-state index is 6.57. The molecule has 0 spiro atoms. The van der Waals surface area contributed by atoms with E-state index in [1.165, 1.54) is 55.6 Å². The highest BCUT2D eigenvalue weighted by molar-refractivity contribution is 6.11. The molecule has 1 atom stereocenters. The van der Waals surface area contributed by atoms with E-state index in [-0.39, 0.29) is 0 Å². The van der Waals surface area contributed by atoms with Gasteiger partial charge in [0.05, 0.1) is 5.41 Å². The number of hydrogen-bond acceptors (Lipinski definition) is 3. The Morgan fingerprint density at radius 1 is 0.244 bits per heavy atom. The third-order valence-corrected chi connectivity index (χ3v) is 17.0. The van der Waals surface area contributed by atoms with Gasteiger partial charge in [-0.05, 0) is 132 Å². The lowest BCUT2D eigenvalue weighted by molar-refractivity contribution is 0.669. The SMILES string of the molecule is c1ccc(-c2ccc(N(c3ccc(-c4cccc5c4oc4ccccc45)cc3)c3ccc4c(c3)C(c3ccccc3)(c3cccc(-c5ccccc5)c3)c3cccc(-c5ccc(-c6cccc7c6oc6ccccc67)cc5)c3-4)cc2)cc1. The Kier molecular flexibility index (Phi) is 11.1. The highest BCUT2D eigenvalue weighted by atomic mass is 16.3. The summed E-state index contributed by atoms with van der Waals surface area (Å²) in [5, 5.41) is 4.49. The fourth-order valence-electron chi connectivity index (χ4n) is 13.2. The van der Waals surface area contributed by atoms with E-state index >= 15 is 0 Å². The molecule has 16 rings (SSSR count). The predicted molar refractivity (Wildman–Crippen MR) is 340 cm³/mol. The monoisotopic (exact) mass is 1050 g/mol. The van der Waals surface area contributed by atoms with Crippen LogP contribution in [0.5, 0.6) is 0 Å². The van der Waals surface area contributed by atoms with E-state index in [0.29, 0.717) is 0 Å². The van der Waals surface area contributed by atoms with Crippen LogP contribution in [0.4, 0.5) is 17.1 Å². The minimum atomic E-state index is -0.725. The highest BCUT2D eigenvalue weighted by Gasteiger charge is 2.47. The largest absolute Gasteiger partial charge is 0.455 e. The molecular weight excluding hydrogens is 995 g/mol. The van der Waals surface area contributed by atoms with Gasteiger partial charge in [0.2, 0.25) is 0 Å². The first-order valence-electron chi connectivity index (χ1n) is 28.1. The molecule has 0 bridgehead atoms. The fraction of sp³-hybridized carbons (Fsp3) is 0.0127. The van der Waals surface area contributed by atoms with Crippen LogP contribution in [-0.2, 0) is 5.41 Å². The van der Waals surface area contributed by atoms with Crippen LogP contribution in [0, 0.1) is 0 Å². The van der Waals surface area contributed by atoms with Gasteiger partial charge in [0, 0.05) is 49.7 Å². The first-order valence-corrected chi connectivity index (χ1v) is 28.1. The van der Waals surface area contributed by atoms with E-state index < -0.39 is 5.41 Å². The second-order valence-corrected chi connectivity index (χ2v) is 21.5. The molecule has 0 aliphatic heterocycles. The summed E-state index contributed by atoms with van der Waals surface area (Å²) < 4.78 is 13.1. The molecule has 2 aromatic heterocycles. The molecule has 1 unspecified atom stereocenters. The van der Waals surface area contributed by atoms with Crippen molar-refractivity contribution in [1.82, 2.24) is 0 Å². The molecule has 3 nitrogen and oxygen atoms in total. The molecule has 1 aliphatic rings. The molecule has 1 aliphatic carbocycles. The Balaban J connectivity index is 0.900. The van der Waals surface area contributed by atoms with Crippen LogP contribution in [0.1, 0.15) is 22.3 Å². The van der Waals surface area contributed by atoms with E-state index in [9.17, 15) is 0 Å². The van der Waals surface area contributed by atoms with Gasteiger partial charge in [-0.15, -0.1) is 0 Å². The van der Waals surface area contributed by atoms with Gasteiger partial charge in [-0.2, -0.15) is 0 Å². The summed E-state index contributed by atoms with van der Waals surface area (Å²) >= 11 is 0. The summed E-state index contributed by atoms with van der Waals surface area (Å²) in [5.74, 6) is 0.